The number of carbonyl (C=O) groups excluding carboxylic acids is 1. The van der Waals surface area contributed by atoms with Gasteiger partial charge < -0.3 is 10.1 Å². The topological polar surface area (TPSA) is 50.4 Å². The number of para-hydroxylation sites is 1. The number of nitrogens with one attached hydrogen (secondary N) is 2. The lowest BCUT2D eigenvalue weighted by molar-refractivity contribution is 0.0973. The van der Waals surface area contributed by atoms with Crippen LogP contribution in [0.2, 0.25) is 5.02 Å². The van der Waals surface area contributed by atoms with Gasteiger partial charge in [-0.15, -0.1) is 0 Å². The number of rotatable bonds is 8. The number of carbonyl (C=O) groups is 1. The molecule has 138 valence electrons. The van der Waals surface area contributed by atoms with Crippen LogP contribution in [0.4, 0.5) is 5.69 Å². The monoisotopic (exact) mass is 390 g/mol. The van der Waals surface area contributed by atoms with Crippen molar-refractivity contribution in [2.24, 2.45) is 0 Å². The Morgan fingerprint density at radius 3 is 2.69 bits per heavy atom. The van der Waals surface area contributed by atoms with Crippen molar-refractivity contribution in [1.29, 1.82) is 0 Å². The zero-order valence-electron chi connectivity index (χ0n) is 14.8. The van der Waals surface area contributed by atoms with Crippen LogP contribution < -0.4 is 15.4 Å². The average Bonchev–Trinajstić information content (AvgIpc) is 2.61. The number of hydrogen-bond acceptors (Lipinski definition) is 3. The highest BCUT2D eigenvalue weighted by molar-refractivity contribution is 7.80. The molecule has 4 nitrogen and oxygen atoms in total. The Morgan fingerprint density at radius 1 is 1.12 bits per heavy atom. The Balaban J connectivity index is 1.93. The van der Waals surface area contributed by atoms with E-state index in [9.17, 15) is 4.79 Å². The number of benzene rings is 2. The Bertz CT molecular complexity index is 752. The van der Waals surface area contributed by atoms with Crippen molar-refractivity contribution >= 4 is 40.5 Å². The van der Waals surface area contributed by atoms with Gasteiger partial charge in [-0.1, -0.05) is 56.0 Å². The molecule has 0 spiro atoms. The van der Waals surface area contributed by atoms with Crippen LogP contribution in [0.15, 0.2) is 48.5 Å². The third-order valence-electron chi connectivity index (χ3n) is 3.70. The molecule has 0 aliphatic heterocycles. The molecule has 0 aromatic heterocycles. The highest BCUT2D eigenvalue weighted by atomic mass is 35.5. The molecule has 0 saturated heterocycles. The molecule has 2 aromatic carbocycles. The van der Waals surface area contributed by atoms with Gasteiger partial charge in [-0.2, -0.15) is 0 Å². The van der Waals surface area contributed by atoms with E-state index in [1.54, 1.807) is 36.4 Å². The largest absolute Gasteiger partial charge is 0.493 e. The summed E-state index contributed by atoms with van der Waals surface area (Å²) in [7, 11) is 0. The summed E-state index contributed by atoms with van der Waals surface area (Å²) in [6, 6.07) is 14.3. The summed E-state index contributed by atoms with van der Waals surface area (Å²) in [6.45, 7) is 2.76. The summed E-state index contributed by atoms with van der Waals surface area (Å²) in [4.78, 5) is 12.5. The van der Waals surface area contributed by atoms with E-state index >= 15 is 0 Å². The second-order valence-corrected chi connectivity index (χ2v) is 6.67. The van der Waals surface area contributed by atoms with E-state index in [0.717, 1.165) is 12.8 Å². The molecule has 0 saturated carbocycles. The summed E-state index contributed by atoms with van der Waals surface area (Å²) in [6.07, 6.45) is 4.46. The van der Waals surface area contributed by atoms with Crippen LogP contribution in [0, 0.1) is 0 Å². The number of ether oxygens (including phenoxy) is 1. The van der Waals surface area contributed by atoms with E-state index in [4.69, 9.17) is 28.6 Å². The van der Waals surface area contributed by atoms with Crippen LogP contribution in [-0.2, 0) is 0 Å². The van der Waals surface area contributed by atoms with Gasteiger partial charge in [0.1, 0.15) is 5.75 Å². The van der Waals surface area contributed by atoms with Gasteiger partial charge >= 0.3 is 0 Å². The Kier molecular flexibility index (Phi) is 8.38. The molecule has 0 aliphatic rings. The minimum atomic E-state index is -0.311. The maximum Gasteiger partial charge on any atom is 0.261 e. The third kappa shape index (κ3) is 6.65. The third-order valence-corrected chi connectivity index (χ3v) is 4.14. The van der Waals surface area contributed by atoms with E-state index in [1.807, 2.05) is 12.1 Å². The zero-order valence-corrected chi connectivity index (χ0v) is 16.3. The minimum absolute atomic E-state index is 0.204. The Labute approximate surface area is 164 Å². The van der Waals surface area contributed by atoms with Crippen molar-refractivity contribution < 1.29 is 9.53 Å². The second kappa shape index (κ2) is 10.8. The zero-order chi connectivity index (χ0) is 18.8. The lowest BCUT2D eigenvalue weighted by Gasteiger charge is -2.13. The Morgan fingerprint density at radius 2 is 1.92 bits per heavy atom. The van der Waals surface area contributed by atoms with Crippen LogP contribution in [0.5, 0.6) is 5.75 Å². The van der Waals surface area contributed by atoms with E-state index < -0.39 is 0 Å². The Hall–Kier alpha value is -2.11. The molecular formula is C20H23ClN2O2S. The van der Waals surface area contributed by atoms with Gasteiger partial charge in [0, 0.05) is 10.7 Å². The first-order valence-electron chi connectivity index (χ1n) is 8.70. The molecule has 0 unspecified atom stereocenters. The van der Waals surface area contributed by atoms with Crippen molar-refractivity contribution in [2.75, 3.05) is 11.9 Å². The molecular weight excluding hydrogens is 368 g/mol. The van der Waals surface area contributed by atoms with Crippen molar-refractivity contribution in [1.82, 2.24) is 5.32 Å². The quantitative estimate of drug-likeness (QED) is 0.466. The first-order chi connectivity index (χ1) is 12.6. The van der Waals surface area contributed by atoms with E-state index in [1.165, 1.54) is 12.8 Å². The van der Waals surface area contributed by atoms with E-state index in [-0.39, 0.29) is 11.0 Å². The smallest absolute Gasteiger partial charge is 0.261 e. The van der Waals surface area contributed by atoms with Gasteiger partial charge in [-0.05, 0) is 49.0 Å². The molecule has 2 aromatic rings. The highest BCUT2D eigenvalue weighted by Gasteiger charge is 2.13. The van der Waals surface area contributed by atoms with E-state index in [2.05, 4.69) is 17.6 Å². The first kappa shape index (κ1) is 20.2. The van der Waals surface area contributed by atoms with Gasteiger partial charge in [0.05, 0.1) is 12.2 Å². The summed E-state index contributed by atoms with van der Waals surface area (Å²) >= 11 is 11.2. The molecule has 0 radical (unpaired) electrons. The number of anilines is 1. The van der Waals surface area contributed by atoms with Crippen molar-refractivity contribution in [3.63, 3.8) is 0 Å². The summed E-state index contributed by atoms with van der Waals surface area (Å²) < 4.78 is 5.78. The molecule has 0 atom stereocenters. The van der Waals surface area contributed by atoms with Crippen LogP contribution in [0.25, 0.3) is 0 Å². The summed E-state index contributed by atoms with van der Waals surface area (Å²) in [5, 5.41) is 6.41. The van der Waals surface area contributed by atoms with Crippen LogP contribution >= 0.6 is 23.8 Å². The van der Waals surface area contributed by atoms with Crippen LogP contribution in [-0.4, -0.2) is 17.6 Å². The molecule has 26 heavy (non-hydrogen) atoms. The molecule has 6 heteroatoms. The van der Waals surface area contributed by atoms with Crippen molar-refractivity contribution in [2.45, 2.75) is 32.6 Å². The predicted octanol–water partition coefficient (Wildman–Crippen LogP) is 5.43. The lowest BCUT2D eigenvalue weighted by Crippen LogP contribution is -2.34. The highest BCUT2D eigenvalue weighted by Crippen LogP contribution is 2.19. The fourth-order valence-corrected chi connectivity index (χ4v) is 2.79. The van der Waals surface area contributed by atoms with E-state index in [0.29, 0.717) is 28.6 Å². The number of amides is 1. The van der Waals surface area contributed by atoms with Crippen molar-refractivity contribution in [3.05, 3.63) is 59.1 Å². The summed E-state index contributed by atoms with van der Waals surface area (Å²) in [5.41, 5.74) is 1.17. The van der Waals surface area contributed by atoms with Crippen molar-refractivity contribution in [3.8, 4) is 5.75 Å². The number of halogens is 1. The number of thiocarbonyl (C=S) groups is 1. The fourth-order valence-electron chi connectivity index (χ4n) is 2.39. The first-order valence-corrected chi connectivity index (χ1v) is 9.48. The van der Waals surface area contributed by atoms with Gasteiger partial charge in [0.15, 0.2) is 5.11 Å². The average molecular weight is 391 g/mol. The number of hydrogen-bond donors (Lipinski definition) is 2. The second-order valence-electron chi connectivity index (χ2n) is 5.82. The molecule has 0 bridgehead atoms. The summed E-state index contributed by atoms with van der Waals surface area (Å²) in [5.74, 6) is 0.251. The standard InChI is InChI=1S/C20H23ClN2O2S/c1-2-3-4-7-13-25-18-12-6-5-11-17(18)19(24)23-20(26)22-16-10-8-9-15(21)14-16/h5-6,8-12,14H,2-4,7,13H2,1H3,(H2,22,23,24,26). The molecule has 0 heterocycles. The van der Waals surface area contributed by atoms with Gasteiger partial charge in [0.25, 0.3) is 5.91 Å². The molecule has 2 rings (SSSR count). The lowest BCUT2D eigenvalue weighted by atomic mass is 10.2. The minimum Gasteiger partial charge on any atom is -0.493 e. The van der Waals surface area contributed by atoms with Gasteiger partial charge in [0.2, 0.25) is 0 Å². The fraction of sp³-hybridized carbons (Fsp3) is 0.300. The van der Waals surface area contributed by atoms with Crippen LogP contribution in [0.1, 0.15) is 43.0 Å². The maximum absolute atomic E-state index is 12.5. The maximum atomic E-state index is 12.5. The SMILES string of the molecule is CCCCCCOc1ccccc1C(=O)NC(=S)Nc1cccc(Cl)c1. The number of unbranched alkanes of at least 4 members (excludes halogenated alkanes) is 3. The van der Waals surface area contributed by atoms with Crippen LogP contribution in [0.3, 0.4) is 0 Å². The van der Waals surface area contributed by atoms with Gasteiger partial charge in [-0.3, -0.25) is 10.1 Å². The molecule has 0 aliphatic carbocycles. The predicted molar refractivity (Wildman–Crippen MR) is 111 cm³/mol. The normalized spacial score (nSPS) is 10.2. The van der Waals surface area contributed by atoms with Gasteiger partial charge in [-0.25, -0.2) is 0 Å². The molecule has 2 N–H and O–H groups in total. The molecule has 1 amide bonds. The molecule has 0 fully saturated rings.